The lowest BCUT2D eigenvalue weighted by atomic mass is 9.65. The van der Waals surface area contributed by atoms with Gasteiger partial charge in [-0.2, -0.15) is 4.39 Å². The van der Waals surface area contributed by atoms with Gasteiger partial charge in [-0.3, -0.25) is 4.79 Å². The lowest BCUT2D eigenvalue weighted by Crippen LogP contribution is -2.56. The van der Waals surface area contributed by atoms with Crippen LogP contribution in [0.1, 0.15) is 49.7 Å². The minimum atomic E-state index is -0.995. The summed E-state index contributed by atoms with van der Waals surface area (Å²) in [5, 5.41) is 3.44. The van der Waals surface area contributed by atoms with E-state index >= 15 is 0 Å². The number of carbonyl (C=O) groups is 2. The van der Waals surface area contributed by atoms with Gasteiger partial charge in [-0.05, 0) is 54.9 Å². The number of hydrogen-bond acceptors (Lipinski definition) is 3. The highest BCUT2D eigenvalue weighted by Gasteiger charge is 2.60. The number of imide groups is 1. The largest absolute Gasteiger partial charge is 0.329 e. The summed E-state index contributed by atoms with van der Waals surface area (Å²) >= 11 is 6.27. The highest BCUT2D eigenvalue weighted by atomic mass is 35.5. The molecule has 2 fully saturated rings. The molecule has 2 aliphatic rings. The zero-order valence-electron chi connectivity index (χ0n) is 15.5. The number of amides is 3. The summed E-state index contributed by atoms with van der Waals surface area (Å²) in [6.45, 7) is 2.03. The molecular formula is C21H21ClFN3O2. The number of nitrogens with one attached hydrogen (secondary N) is 1. The van der Waals surface area contributed by atoms with Crippen LogP contribution in [0, 0.1) is 5.95 Å². The standard InChI is InChI=1S/C21H21ClFN3O2/c1-2-3-6-13-9-10-24-18(23)17(13)26-19(27)21(25-20(26)28)11-14(12-21)15-7-4-5-8-16(15)22/h4-5,7-10,14H,2-3,6,11-12H2,1H3,(H,25,28). The van der Waals surface area contributed by atoms with E-state index in [1.54, 1.807) is 6.07 Å². The second kappa shape index (κ2) is 7.17. The average Bonchev–Trinajstić information content (AvgIpc) is 2.90. The number of benzene rings is 1. The summed E-state index contributed by atoms with van der Waals surface area (Å²) in [4.78, 5) is 30.4. The number of aromatic nitrogens is 1. The molecule has 1 N–H and O–H groups in total. The number of urea groups is 1. The van der Waals surface area contributed by atoms with Crippen LogP contribution >= 0.6 is 11.6 Å². The maximum Gasteiger partial charge on any atom is 0.329 e. The molecular weight excluding hydrogens is 381 g/mol. The normalized spacial score (nSPS) is 23.8. The van der Waals surface area contributed by atoms with Gasteiger partial charge in [0.05, 0.1) is 0 Å². The van der Waals surface area contributed by atoms with Crippen LogP contribution in [-0.2, 0) is 11.2 Å². The Balaban J connectivity index is 1.61. The molecule has 3 amide bonds. The van der Waals surface area contributed by atoms with Gasteiger partial charge >= 0.3 is 6.03 Å². The van der Waals surface area contributed by atoms with Gasteiger partial charge in [0.2, 0.25) is 5.95 Å². The predicted molar refractivity (Wildman–Crippen MR) is 105 cm³/mol. The highest BCUT2D eigenvalue weighted by molar-refractivity contribution is 6.31. The van der Waals surface area contributed by atoms with Crippen molar-refractivity contribution in [3.05, 3.63) is 58.6 Å². The van der Waals surface area contributed by atoms with E-state index in [1.165, 1.54) is 6.20 Å². The number of carbonyl (C=O) groups excluding carboxylic acids is 2. The molecule has 146 valence electrons. The first-order valence-corrected chi connectivity index (χ1v) is 9.89. The van der Waals surface area contributed by atoms with E-state index in [1.807, 2.05) is 31.2 Å². The van der Waals surface area contributed by atoms with Crippen molar-refractivity contribution in [2.24, 2.45) is 0 Å². The van der Waals surface area contributed by atoms with Gasteiger partial charge in [-0.15, -0.1) is 0 Å². The molecule has 5 nitrogen and oxygen atoms in total. The second-order valence-electron chi connectivity index (χ2n) is 7.49. The van der Waals surface area contributed by atoms with E-state index in [-0.39, 0.29) is 11.6 Å². The molecule has 1 aliphatic heterocycles. The topological polar surface area (TPSA) is 62.3 Å². The molecule has 1 aromatic heterocycles. The van der Waals surface area contributed by atoms with Crippen molar-refractivity contribution in [2.45, 2.75) is 50.5 Å². The lowest BCUT2D eigenvalue weighted by Gasteiger charge is -2.43. The minimum absolute atomic E-state index is 0.0171. The Bertz CT molecular complexity index is 943. The molecule has 2 aromatic rings. The van der Waals surface area contributed by atoms with Gasteiger partial charge in [0.15, 0.2) is 0 Å². The molecule has 28 heavy (non-hydrogen) atoms. The summed E-state index contributed by atoms with van der Waals surface area (Å²) in [7, 11) is 0. The number of pyridine rings is 1. The Morgan fingerprint density at radius 2 is 2.04 bits per heavy atom. The quantitative estimate of drug-likeness (QED) is 0.588. The maximum atomic E-state index is 14.5. The van der Waals surface area contributed by atoms with E-state index in [0.717, 1.165) is 23.3 Å². The molecule has 0 atom stereocenters. The van der Waals surface area contributed by atoms with Gasteiger partial charge < -0.3 is 5.32 Å². The van der Waals surface area contributed by atoms with Gasteiger partial charge in [-0.1, -0.05) is 43.1 Å². The SMILES string of the molecule is CCCCc1ccnc(F)c1N1C(=O)NC2(CC(c3ccccc3Cl)C2)C1=O. The first-order chi connectivity index (χ1) is 13.5. The molecule has 2 heterocycles. The smallest absolute Gasteiger partial charge is 0.323 e. The van der Waals surface area contributed by atoms with Gasteiger partial charge in [0, 0.05) is 11.2 Å². The third-order valence-corrected chi connectivity index (χ3v) is 6.03. The predicted octanol–water partition coefficient (Wildman–Crippen LogP) is 4.59. The first-order valence-electron chi connectivity index (χ1n) is 9.51. The van der Waals surface area contributed by atoms with Crippen LogP contribution in [0.5, 0.6) is 0 Å². The number of unbranched alkanes of at least 4 members (excludes halogenated alkanes) is 1. The maximum absolute atomic E-state index is 14.5. The van der Waals surface area contributed by atoms with Crippen LogP contribution in [0.2, 0.25) is 5.02 Å². The Labute approximate surface area is 167 Å². The van der Waals surface area contributed by atoms with Crippen LogP contribution in [0.15, 0.2) is 36.5 Å². The van der Waals surface area contributed by atoms with Crippen LogP contribution in [0.3, 0.4) is 0 Å². The number of halogens is 2. The number of rotatable bonds is 5. The number of aryl methyl sites for hydroxylation is 1. The first kappa shape index (κ1) is 18.9. The number of hydrogen-bond donors (Lipinski definition) is 1. The van der Waals surface area contributed by atoms with E-state index in [4.69, 9.17) is 11.6 Å². The molecule has 0 unspecified atom stereocenters. The van der Waals surface area contributed by atoms with Crippen LogP contribution in [-0.4, -0.2) is 22.5 Å². The van der Waals surface area contributed by atoms with Gasteiger partial charge in [-0.25, -0.2) is 14.7 Å². The lowest BCUT2D eigenvalue weighted by molar-refractivity contribution is -0.125. The van der Waals surface area contributed by atoms with Gasteiger partial charge in [0.25, 0.3) is 5.91 Å². The van der Waals surface area contributed by atoms with Crippen LogP contribution in [0.25, 0.3) is 0 Å². The van der Waals surface area contributed by atoms with Crippen LogP contribution in [0.4, 0.5) is 14.9 Å². The van der Waals surface area contributed by atoms with E-state index in [2.05, 4.69) is 10.3 Å². The Kier molecular flexibility index (Phi) is 4.83. The second-order valence-corrected chi connectivity index (χ2v) is 7.90. The summed E-state index contributed by atoms with van der Waals surface area (Å²) in [6, 6.07) is 8.59. The van der Waals surface area contributed by atoms with Crippen molar-refractivity contribution in [1.29, 1.82) is 0 Å². The third kappa shape index (κ3) is 2.96. The monoisotopic (exact) mass is 401 g/mol. The van der Waals surface area contributed by atoms with Gasteiger partial charge in [0.1, 0.15) is 11.2 Å². The molecule has 1 spiro atoms. The average molecular weight is 402 g/mol. The molecule has 4 rings (SSSR count). The third-order valence-electron chi connectivity index (χ3n) is 5.68. The molecule has 1 aliphatic carbocycles. The van der Waals surface area contributed by atoms with E-state index < -0.39 is 23.4 Å². The van der Waals surface area contributed by atoms with Crippen molar-refractivity contribution in [3.63, 3.8) is 0 Å². The molecule has 0 bridgehead atoms. The Morgan fingerprint density at radius 3 is 2.75 bits per heavy atom. The highest BCUT2D eigenvalue weighted by Crippen LogP contribution is 2.50. The van der Waals surface area contributed by atoms with Crippen molar-refractivity contribution < 1.29 is 14.0 Å². The number of nitrogens with zero attached hydrogens (tertiary/aromatic N) is 2. The molecule has 7 heteroatoms. The summed E-state index contributed by atoms with van der Waals surface area (Å²) in [5.41, 5.74) is 0.575. The molecule has 1 aromatic carbocycles. The minimum Gasteiger partial charge on any atom is -0.323 e. The van der Waals surface area contributed by atoms with Crippen molar-refractivity contribution in [1.82, 2.24) is 10.3 Å². The summed E-state index contributed by atoms with van der Waals surface area (Å²) in [6.07, 6.45) is 4.60. The Morgan fingerprint density at radius 1 is 1.29 bits per heavy atom. The van der Waals surface area contributed by atoms with E-state index in [0.29, 0.717) is 29.8 Å². The van der Waals surface area contributed by atoms with Crippen molar-refractivity contribution in [3.8, 4) is 0 Å². The Hall–Kier alpha value is -2.47. The fourth-order valence-corrected chi connectivity index (χ4v) is 4.47. The van der Waals surface area contributed by atoms with E-state index in [9.17, 15) is 14.0 Å². The van der Waals surface area contributed by atoms with Crippen LogP contribution < -0.4 is 10.2 Å². The molecule has 0 radical (unpaired) electrons. The fraction of sp³-hybridized carbons (Fsp3) is 0.381. The number of anilines is 1. The summed E-state index contributed by atoms with van der Waals surface area (Å²) in [5.74, 6) is -1.13. The summed E-state index contributed by atoms with van der Waals surface area (Å²) < 4.78 is 14.5. The zero-order valence-corrected chi connectivity index (χ0v) is 16.3. The molecule has 1 saturated carbocycles. The van der Waals surface area contributed by atoms with Crippen molar-refractivity contribution in [2.75, 3.05) is 4.90 Å². The molecule has 1 saturated heterocycles. The fourth-order valence-electron chi connectivity index (χ4n) is 4.18. The van der Waals surface area contributed by atoms with Crippen molar-refractivity contribution >= 4 is 29.2 Å². The zero-order chi connectivity index (χ0) is 19.9.